The number of rotatable bonds is 4. The van der Waals surface area contributed by atoms with Crippen molar-refractivity contribution >= 4 is 22.4 Å². The largest absolute Gasteiger partial charge is 0.343 e. The third-order valence-electron chi connectivity index (χ3n) is 3.82. The second kappa shape index (κ2) is 7.40. The van der Waals surface area contributed by atoms with Gasteiger partial charge >= 0.3 is 0 Å². The van der Waals surface area contributed by atoms with Crippen LogP contribution in [0.25, 0.3) is 16.6 Å². The number of aromatic nitrogens is 1. The summed E-state index contributed by atoms with van der Waals surface area (Å²) in [4.78, 5) is 9.40. The molecular weight excluding hydrogens is 282 g/mol. The number of allylic oxidation sites excluding steroid dienone is 1. The van der Waals surface area contributed by atoms with Gasteiger partial charge in [-0.25, -0.2) is 4.98 Å². The van der Waals surface area contributed by atoms with E-state index in [4.69, 9.17) is 4.98 Å². The maximum absolute atomic E-state index is 4.86. The number of nitrogens with zero attached hydrogens (tertiary/aromatic N) is 2. The van der Waals surface area contributed by atoms with Crippen LogP contribution in [0.4, 0.5) is 0 Å². The monoisotopic (exact) mass is 309 g/mol. The molecule has 3 heteroatoms. The Morgan fingerprint density at radius 1 is 1.30 bits per heavy atom. The van der Waals surface area contributed by atoms with E-state index in [1.165, 1.54) is 16.5 Å². The first kappa shape index (κ1) is 17.2. The number of hydrogen-bond acceptors (Lipinski definition) is 2. The van der Waals surface area contributed by atoms with Crippen LogP contribution in [0.3, 0.4) is 0 Å². The molecule has 0 bridgehead atoms. The molecule has 0 aliphatic rings. The molecule has 23 heavy (non-hydrogen) atoms. The number of nitrogens with one attached hydrogen (secondary N) is 1. The summed E-state index contributed by atoms with van der Waals surface area (Å²) in [6.45, 7) is 12.5. The van der Waals surface area contributed by atoms with Crippen LogP contribution < -0.4 is 5.32 Å². The van der Waals surface area contributed by atoms with E-state index in [9.17, 15) is 0 Å². The van der Waals surface area contributed by atoms with E-state index < -0.39 is 0 Å². The second-order valence-electron chi connectivity index (χ2n) is 6.17. The van der Waals surface area contributed by atoms with Crippen molar-refractivity contribution in [2.24, 2.45) is 4.99 Å². The Bertz CT molecular complexity index is 755. The lowest BCUT2D eigenvalue weighted by Gasteiger charge is -2.13. The number of fused-ring (bicyclic) bond motifs is 1. The van der Waals surface area contributed by atoms with Crippen LogP contribution in [-0.2, 0) is 6.42 Å². The van der Waals surface area contributed by atoms with Crippen LogP contribution in [-0.4, -0.2) is 16.9 Å². The summed E-state index contributed by atoms with van der Waals surface area (Å²) in [5.74, 6) is 0.912. The third kappa shape index (κ3) is 4.19. The molecule has 1 heterocycles. The molecule has 0 fully saturated rings. The standard InChI is InChI=1S/C20H27N3/c1-7-16-9-10-17-14(5)11-20(23-19(17)12-16)18(8-2)22-15(6)21-13(3)4/h8-13H,7H2,1-6H3,(H,21,22)/b18-8-. The fraction of sp³-hybridized carbons (Fsp3) is 0.400. The molecule has 1 aromatic carbocycles. The van der Waals surface area contributed by atoms with Gasteiger partial charge in [-0.05, 0) is 64.3 Å². The smallest absolute Gasteiger partial charge is 0.0979 e. The summed E-state index contributed by atoms with van der Waals surface area (Å²) in [5, 5.41) is 4.60. The molecule has 0 unspecified atom stereocenters. The zero-order valence-corrected chi connectivity index (χ0v) is 15.1. The molecule has 0 aliphatic heterocycles. The molecule has 0 radical (unpaired) electrons. The third-order valence-corrected chi connectivity index (χ3v) is 3.82. The number of aliphatic imine (C=N–C) groups is 1. The lowest BCUT2D eigenvalue weighted by atomic mass is 10.0. The second-order valence-corrected chi connectivity index (χ2v) is 6.17. The molecule has 0 saturated heterocycles. The van der Waals surface area contributed by atoms with Gasteiger partial charge in [0, 0.05) is 11.4 Å². The zero-order valence-electron chi connectivity index (χ0n) is 15.1. The van der Waals surface area contributed by atoms with E-state index in [1.54, 1.807) is 0 Å². The first-order valence-corrected chi connectivity index (χ1v) is 8.33. The number of amidine groups is 1. The molecule has 1 aromatic heterocycles. The molecule has 0 amide bonds. The number of benzene rings is 1. The Balaban J connectivity index is 2.45. The van der Waals surface area contributed by atoms with Gasteiger partial charge in [-0.2, -0.15) is 0 Å². The van der Waals surface area contributed by atoms with Crippen molar-refractivity contribution in [1.29, 1.82) is 0 Å². The minimum atomic E-state index is 0.277. The van der Waals surface area contributed by atoms with Gasteiger partial charge in [-0.15, -0.1) is 0 Å². The predicted molar refractivity (Wildman–Crippen MR) is 101 cm³/mol. The van der Waals surface area contributed by atoms with E-state index in [2.05, 4.69) is 68.3 Å². The summed E-state index contributed by atoms with van der Waals surface area (Å²) in [5.41, 5.74) is 5.57. The molecule has 2 rings (SSSR count). The van der Waals surface area contributed by atoms with Crippen molar-refractivity contribution < 1.29 is 0 Å². The SMILES string of the molecule is C/C=C(\NC(C)=NC(C)C)c1cc(C)c2ccc(CC)cc2n1. The van der Waals surface area contributed by atoms with Gasteiger partial charge in [0.2, 0.25) is 0 Å². The van der Waals surface area contributed by atoms with Crippen LogP contribution in [0.1, 0.15) is 51.4 Å². The van der Waals surface area contributed by atoms with Crippen LogP contribution in [0.5, 0.6) is 0 Å². The van der Waals surface area contributed by atoms with Crippen molar-refractivity contribution in [3.05, 3.63) is 47.2 Å². The van der Waals surface area contributed by atoms with Crippen molar-refractivity contribution in [1.82, 2.24) is 10.3 Å². The highest BCUT2D eigenvalue weighted by atomic mass is 15.0. The molecule has 0 atom stereocenters. The van der Waals surface area contributed by atoms with Crippen LogP contribution in [0.2, 0.25) is 0 Å². The Hall–Kier alpha value is -2.16. The molecular formula is C20H27N3. The molecule has 0 spiro atoms. The molecule has 1 N–H and O–H groups in total. The Morgan fingerprint density at radius 3 is 2.65 bits per heavy atom. The summed E-state index contributed by atoms with van der Waals surface area (Å²) >= 11 is 0. The summed E-state index contributed by atoms with van der Waals surface area (Å²) in [7, 11) is 0. The Labute approximate surface area is 139 Å². The number of hydrogen-bond donors (Lipinski definition) is 1. The van der Waals surface area contributed by atoms with E-state index >= 15 is 0 Å². The Morgan fingerprint density at radius 2 is 2.04 bits per heavy atom. The fourth-order valence-electron chi connectivity index (χ4n) is 2.70. The van der Waals surface area contributed by atoms with Crippen molar-refractivity contribution in [3.63, 3.8) is 0 Å². The molecule has 122 valence electrons. The lowest BCUT2D eigenvalue weighted by Crippen LogP contribution is -2.20. The van der Waals surface area contributed by atoms with Crippen LogP contribution in [0.15, 0.2) is 35.3 Å². The molecule has 2 aromatic rings. The van der Waals surface area contributed by atoms with Crippen molar-refractivity contribution in [2.75, 3.05) is 0 Å². The summed E-state index contributed by atoms with van der Waals surface area (Å²) < 4.78 is 0. The van der Waals surface area contributed by atoms with Gasteiger partial charge in [0.15, 0.2) is 0 Å². The molecule has 0 saturated carbocycles. The highest BCUT2D eigenvalue weighted by Crippen LogP contribution is 2.22. The van der Waals surface area contributed by atoms with E-state index in [0.29, 0.717) is 0 Å². The van der Waals surface area contributed by atoms with Gasteiger partial charge < -0.3 is 5.32 Å². The first-order chi connectivity index (χ1) is 10.9. The maximum atomic E-state index is 4.86. The van der Waals surface area contributed by atoms with Gasteiger partial charge in [0.25, 0.3) is 0 Å². The minimum absolute atomic E-state index is 0.277. The zero-order chi connectivity index (χ0) is 17.0. The molecule has 0 aliphatic carbocycles. The highest BCUT2D eigenvalue weighted by molar-refractivity contribution is 5.90. The minimum Gasteiger partial charge on any atom is -0.343 e. The van der Waals surface area contributed by atoms with Gasteiger partial charge in [0.05, 0.1) is 22.7 Å². The number of aryl methyl sites for hydroxylation is 2. The van der Waals surface area contributed by atoms with Crippen LogP contribution >= 0.6 is 0 Å². The van der Waals surface area contributed by atoms with E-state index in [1.807, 2.05) is 13.8 Å². The topological polar surface area (TPSA) is 37.3 Å². The van der Waals surface area contributed by atoms with Crippen molar-refractivity contribution in [3.8, 4) is 0 Å². The first-order valence-electron chi connectivity index (χ1n) is 8.33. The highest BCUT2D eigenvalue weighted by Gasteiger charge is 2.08. The summed E-state index contributed by atoms with van der Waals surface area (Å²) in [6.07, 6.45) is 3.08. The summed E-state index contributed by atoms with van der Waals surface area (Å²) in [6, 6.07) is 8.96. The fourth-order valence-corrected chi connectivity index (χ4v) is 2.70. The predicted octanol–water partition coefficient (Wildman–Crippen LogP) is 4.88. The normalized spacial score (nSPS) is 13.0. The van der Waals surface area contributed by atoms with Crippen LogP contribution in [0, 0.1) is 6.92 Å². The Kier molecular flexibility index (Phi) is 5.54. The van der Waals surface area contributed by atoms with E-state index in [0.717, 1.165) is 29.2 Å². The van der Waals surface area contributed by atoms with E-state index in [-0.39, 0.29) is 6.04 Å². The van der Waals surface area contributed by atoms with Crippen molar-refractivity contribution in [2.45, 2.75) is 54.0 Å². The average Bonchev–Trinajstić information content (AvgIpc) is 2.51. The van der Waals surface area contributed by atoms with Gasteiger partial charge in [0.1, 0.15) is 0 Å². The number of pyridine rings is 1. The lowest BCUT2D eigenvalue weighted by molar-refractivity contribution is 0.828. The molecule has 3 nitrogen and oxygen atoms in total. The van der Waals surface area contributed by atoms with Gasteiger partial charge in [-0.1, -0.05) is 25.1 Å². The quantitative estimate of drug-likeness (QED) is 0.645. The maximum Gasteiger partial charge on any atom is 0.0979 e. The van der Waals surface area contributed by atoms with Gasteiger partial charge in [-0.3, -0.25) is 4.99 Å². The average molecular weight is 309 g/mol.